The van der Waals surface area contributed by atoms with Crippen molar-refractivity contribution in [3.8, 4) is 21.8 Å². The van der Waals surface area contributed by atoms with E-state index in [4.69, 9.17) is 9.15 Å². The summed E-state index contributed by atoms with van der Waals surface area (Å²) in [6.07, 6.45) is 0. The fourth-order valence-corrected chi connectivity index (χ4v) is 4.73. The van der Waals surface area contributed by atoms with Gasteiger partial charge in [0, 0.05) is 22.4 Å². The minimum absolute atomic E-state index is 0.337. The average Bonchev–Trinajstić information content (AvgIpc) is 3.48. The number of ether oxygens (including phenoxy) is 1. The fourth-order valence-electron chi connectivity index (χ4n) is 3.67. The molecule has 0 aliphatic carbocycles. The van der Waals surface area contributed by atoms with Gasteiger partial charge in [0.05, 0.1) is 12.8 Å². The first-order valence-corrected chi connectivity index (χ1v) is 11.1. The van der Waals surface area contributed by atoms with Gasteiger partial charge in [0.25, 0.3) is 0 Å². The molecule has 0 radical (unpaired) electrons. The highest BCUT2D eigenvalue weighted by Crippen LogP contribution is 2.36. The molecule has 0 atom stereocenters. The van der Waals surface area contributed by atoms with Crippen LogP contribution in [0.15, 0.2) is 95.4 Å². The number of hydrogen-bond acceptors (Lipinski definition) is 5. The van der Waals surface area contributed by atoms with E-state index >= 15 is 0 Å². The molecule has 0 bridgehead atoms. The molecule has 4 nitrogen and oxygen atoms in total. The molecule has 0 aliphatic heterocycles. The molecule has 0 unspecified atom stereocenters. The molecule has 0 saturated heterocycles. The SMILES string of the molecule is COC(=O)c1sc(-c2ccccc2)cc1NCc1cccc(-c2cc3ccccc3o2)c1. The van der Waals surface area contributed by atoms with E-state index in [1.165, 1.54) is 18.4 Å². The third-order valence-corrected chi connectivity index (χ3v) is 6.45. The highest BCUT2D eigenvalue weighted by Gasteiger charge is 2.18. The summed E-state index contributed by atoms with van der Waals surface area (Å²) in [4.78, 5) is 13.9. The van der Waals surface area contributed by atoms with Crippen molar-refractivity contribution >= 4 is 34.0 Å². The van der Waals surface area contributed by atoms with Gasteiger partial charge in [0.15, 0.2) is 0 Å². The predicted octanol–water partition coefficient (Wildman–Crippen LogP) is 7.23. The Kier molecular flexibility index (Phi) is 5.48. The lowest BCUT2D eigenvalue weighted by Gasteiger charge is -2.08. The fraction of sp³-hybridized carbons (Fsp3) is 0.0741. The largest absolute Gasteiger partial charge is 0.465 e. The van der Waals surface area contributed by atoms with E-state index in [2.05, 4.69) is 23.5 Å². The maximum absolute atomic E-state index is 12.4. The van der Waals surface area contributed by atoms with Crippen molar-refractivity contribution in [3.05, 3.63) is 101 Å². The number of thiophene rings is 1. The van der Waals surface area contributed by atoms with E-state index in [0.29, 0.717) is 11.4 Å². The van der Waals surface area contributed by atoms with Crippen LogP contribution in [0, 0.1) is 0 Å². The lowest BCUT2D eigenvalue weighted by molar-refractivity contribution is 0.0607. The highest BCUT2D eigenvalue weighted by atomic mass is 32.1. The lowest BCUT2D eigenvalue weighted by atomic mass is 10.1. The number of anilines is 1. The molecule has 158 valence electrons. The number of methoxy groups -OCH3 is 1. The number of para-hydroxylation sites is 1. The summed E-state index contributed by atoms with van der Waals surface area (Å²) in [5, 5.41) is 4.50. The maximum atomic E-state index is 12.4. The van der Waals surface area contributed by atoms with E-state index in [1.807, 2.05) is 72.8 Å². The Morgan fingerprint density at radius 3 is 2.50 bits per heavy atom. The van der Waals surface area contributed by atoms with E-state index < -0.39 is 0 Å². The van der Waals surface area contributed by atoms with E-state index in [1.54, 1.807) is 0 Å². The smallest absolute Gasteiger partial charge is 0.350 e. The molecule has 2 aromatic heterocycles. The molecule has 0 aliphatic rings. The number of fused-ring (bicyclic) bond motifs is 1. The van der Waals surface area contributed by atoms with E-state index in [0.717, 1.165) is 44.0 Å². The number of carbonyl (C=O) groups excluding carboxylic acids is 1. The van der Waals surface area contributed by atoms with Crippen molar-refractivity contribution in [1.82, 2.24) is 0 Å². The van der Waals surface area contributed by atoms with Gasteiger partial charge in [-0.15, -0.1) is 11.3 Å². The first kappa shape index (κ1) is 20.1. The van der Waals surface area contributed by atoms with Crippen LogP contribution in [-0.2, 0) is 11.3 Å². The van der Waals surface area contributed by atoms with E-state index in [9.17, 15) is 4.79 Å². The lowest BCUT2D eigenvalue weighted by Crippen LogP contribution is -2.05. The second kappa shape index (κ2) is 8.73. The number of carbonyl (C=O) groups is 1. The zero-order chi connectivity index (χ0) is 21.9. The molecule has 1 N–H and O–H groups in total. The van der Waals surface area contributed by atoms with Gasteiger partial charge in [-0.1, -0.05) is 66.7 Å². The van der Waals surface area contributed by atoms with Crippen LogP contribution in [0.3, 0.4) is 0 Å². The second-order valence-electron chi connectivity index (χ2n) is 7.41. The Bertz CT molecular complexity index is 1350. The molecule has 5 heteroatoms. The van der Waals surface area contributed by atoms with Crippen LogP contribution < -0.4 is 5.32 Å². The molecule has 3 aromatic carbocycles. The minimum atomic E-state index is -0.337. The Morgan fingerprint density at radius 1 is 0.906 bits per heavy atom. The molecule has 0 fully saturated rings. The molecule has 5 rings (SSSR count). The van der Waals surface area contributed by atoms with Gasteiger partial charge >= 0.3 is 5.97 Å². The summed E-state index contributed by atoms with van der Waals surface area (Å²) in [5.41, 5.74) is 4.83. The topological polar surface area (TPSA) is 51.5 Å². The highest BCUT2D eigenvalue weighted by molar-refractivity contribution is 7.18. The molecule has 5 aromatic rings. The standard InChI is InChI=1S/C27H21NO3S/c1-30-27(29)26-22(16-25(32-26)19-9-3-2-4-10-19)28-17-18-8-7-12-20(14-18)24-15-21-11-5-6-13-23(21)31-24/h2-16,28H,17H2,1H3. The molecule has 0 spiro atoms. The number of furan rings is 1. The predicted molar refractivity (Wildman–Crippen MR) is 130 cm³/mol. The van der Waals surface area contributed by atoms with Gasteiger partial charge in [-0.2, -0.15) is 0 Å². The number of rotatable bonds is 6. The van der Waals surface area contributed by atoms with Crippen molar-refractivity contribution in [3.63, 3.8) is 0 Å². The van der Waals surface area contributed by atoms with Crippen molar-refractivity contribution in [2.24, 2.45) is 0 Å². The number of benzene rings is 3. The van der Waals surface area contributed by atoms with Crippen LogP contribution in [0.2, 0.25) is 0 Å². The van der Waals surface area contributed by atoms with Crippen LogP contribution in [-0.4, -0.2) is 13.1 Å². The van der Waals surface area contributed by atoms with Gasteiger partial charge in [-0.05, 0) is 35.4 Å². The Balaban J connectivity index is 1.40. The first-order valence-electron chi connectivity index (χ1n) is 10.3. The third kappa shape index (κ3) is 4.03. The van der Waals surface area contributed by atoms with Crippen molar-refractivity contribution < 1.29 is 13.9 Å². The summed E-state index contributed by atoms with van der Waals surface area (Å²) in [7, 11) is 1.41. The monoisotopic (exact) mass is 439 g/mol. The molecule has 0 amide bonds. The molecule has 32 heavy (non-hydrogen) atoms. The molecule has 2 heterocycles. The van der Waals surface area contributed by atoms with Gasteiger partial charge in [-0.25, -0.2) is 4.79 Å². The Morgan fingerprint density at radius 2 is 1.69 bits per heavy atom. The molecular formula is C27H21NO3S. The summed E-state index contributed by atoms with van der Waals surface area (Å²) >= 11 is 1.43. The number of hydrogen-bond donors (Lipinski definition) is 1. The summed E-state index contributed by atoms with van der Waals surface area (Å²) < 4.78 is 11.0. The van der Waals surface area contributed by atoms with Crippen LogP contribution in [0.5, 0.6) is 0 Å². The summed E-state index contributed by atoms with van der Waals surface area (Å²) in [6.45, 7) is 0.572. The quantitative estimate of drug-likeness (QED) is 0.284. The number of nitrogens with one attached hydrogen (secondary N) is 1. The Labute approximate surface area is 190 Å². The van der Waals surface area contributed by atoms with Crippen LogP contribution >= 0.6 is 11.3 Å². The average molecular weight is 440 g/mol. The first-order chi connectivity index (χ1) is 15.7. The van der Waals surface area contributed by atoms with Gasteiger partial charge < -0.3 is 14.5 Å². The Hall–Kier alpha value is -3.83. The maximum Gasteiger partial charge on any atom is 0.350 e. The zero-order valence-corrected chi connectivity index (χ0v) is 18.3. The van der Waals surface area contributed by atoms with Crippen molar-refractivity contribution in [1.29, 1.82) is 0 Å². The van der Waals surface area contributed by atoms with Crippen LogP contribution in [0.1, 0.15) is 15.2 Å². The zero-order valence-electron chi connectivity index (χ0n) is 17.5. The summed E-state index contributed by atoms with van der Waals surface area (Å²) in [5.74, 6) is 0.501. The number of esters is 1. The molecular weight excluding hydrogens is 418 g/mol. The van der Waals surface area contributed by atoms with Crippen LogP contribution in [0.4, 0.5) is 5.69 Å². The third-order valence-electron chi connectivity index (χ3n) is 5.28. The minimum Gasteiger partial charge on any atom is -0.465 e. The molecule has 0 saturated carbocycles. The van der Waals surface area contributed by atoms with Gasteiger partial charge in [-0.3, -0.25) is 0 Å². The van der Waals surface area contributed by atoms with Gasteiger partial charge in [0.2, 0.25) is 0 Å². The van der Waals surface area contributed by atoms with Crippen LogP contribution in [0.25, 0.3) is 32.7 Å². The second-order valence-corrected chi connectivity index (χ2v) is 8.47. The summed E-state index contributed by atoms with van der Waals surface area (Å²) in [6, 6.07) is 30.3. The van der Waals surface area contributed by atoms with Crippen molar-refractivity contribution in [2.45, 2.75) is 6.54 Å². The van der Waals surface area contributed by atoms with Gasteiger partial charge in [0.1, 0.15) is 16.2 Å². The van der Waals surface area contributed by atoms with E-state index in [-0.39, 0.29) is 5.97 Å². The normalized spacial score (nSPS) is 10.9. The van der Waals surface area contributed by atoms with Crippen molar-refractivity contribution in [2.75, 3.05) is 12.4 Å².